The number of aromatic nitrogens is 3. The number of nitrogens with zero attached hydrogens (tertiary/aromatic N) is 6. The summed E-state index contributed by atoms with van der Waals surface area (Å²) in [6, 6.07) is 15.7. The second kappa shape index (κ2) is 12.9. The van der Waals surface area contributed by atoms with Crippen molar-refractivity contribution in [2.45, 2.75) is 55.6 Å². The third kappa shape index (κ3) is 6.26. The molecule has 2 amide bonds. The predicted molar refractivity (Wildman–Crippen MR) is 164 cm³/mol. The first-order valence-electron chi connectivity index (χ1n) is 15.0. The number of fused-ring (bicyclic) bond motifs is 1. The van der Waals surface area contributed by atoms with Crippen LogP contribution >= 0.6 is 0 Å². The van der Waals surface area contributed by atoms with Crippen LogP contribution in [-0.4, -0.2) is 83.7 Å². The molecule has 2 aromatic heterocycles. The van der Waals surface area contributed by atoms with Crippen LogP contribution in [0.3, 0.4) is 0 Å². The molecule has 3 heterocycles. The van der Waals surface area contributed by atoms with E-state index in [1.54, 1.807) is 24.3 Å². The molecule has 4 aromatic rings. The number of nitrogens with one attached hydrogen (secondary N) is 1. The van der Waals surface area contributed by atoms with E-state index in [9.17, 15) is 18.0 Å². The number of para-hydroxylation sites is 1. The van der Waals surface area contributed by atoms with Gasteiger partial charge in [-0.3, -0.25) is 14.5 Å². The maximum absolute atomic E-state index is 14.2. The van der Waals surface area contributed by atoms with Gasteiger partial charge in [0, 0.05) is 37.9 Å². The standard InChI is InChI=1S/C31H37N7O5S/c1-35-17-19-36(20-18-35)44(41,42)25-15-13-24(14-16-25)38(29(39)22-37-27-11-6-5-10-26(27)33-34-37)30(28-12-7-21-43-28)31(40)32-23-8-3-2-4-9-23/h5-7,10-16,21,23,30H,2-4,8-9,17-20,22H2,1H3,(H,32,40)/t30-/m1/s1. The van der Waals surface area contributed by atoms with Crippen molar-refractivity contribution in [3.8, 4) is 0 Å². The van der Waals surface area contributed by atoms with E-state index in [1.807, 2.05) is 31.3 Å². The van der Waals surface area contributed by atoms with Gasteiger partial charge in [-0.2, -0.15) is 4.31 Å². The first-order chi connectivity index (χ1) is 21.3. The highest BCUT2D eigenvalue weighted by atomic mass is 32.2. The molecule has 0 unspecified atom stereocenters. The minimum absolute atomic E-state index is 0.000954. The van der Waals surface area contributed by atoms with E-state index in [2.05, 4.69) is 20.5 Å². The molecule has 1 saturated carbocycles. The lowest BCUT2D eigenvalue weighted by Crippen LogP contribution is -2.48. The molecule has 1 saturated heterocycles. The van der Waals surface area contributed by atoms with Crippen LogP contribution in [0, 0.1) is 0 Å². The highest BCUT2D eigenvalue weighted by molar-refractivity contribution is 7.89. The van der Waals surface area contributed by atoms with Gasteiger partial charge < -0.3 is 14.6 Å². The second-order valence-corrected chi connectivity index (χ2v) is 13.4. The van der Waals surface area contributed by atoms with Crippen LogP contribution in [0.2, 0.25) is 0 Å². The van der Waals surface area contributed by atoms with Gasteiger partial charge in [-0.05, 0) is 68.4 Å². The summed E-state index contributed by atoms with van der Waals surface area (Å²) in [5.74, 6) is -0.502. The monoisotopic (exact) mass is 619 g/mol. The minimum atomic E-state index is -3.73. The number of sulfonamides is 1. The number of carbonyl (C=O) groups is 2. The maximum atomic E-state index is 14.2. The quantitative estimate of drug-likeness (QED) is 0.302. The molecule has 2 fully saturated rings. The number of piperazine rings is 1. The van der Waals surface area contributed by atoms with Gasteiger partial charge in [0.2, 0.25) is 15.9 Å². The van der Waals surface area contributed by atoms with E-state index in [1.165, 1.54) is 32.3 Å². The van der Waals surface area contributed by atoms with Gasteiger partial charge in [0.25, 0.3) is 5.91 Å². The molecule has 1 aliphatic carbocycles. The van der Waals surface area contributed by atoms with E-state index in [0.29, 0.717) is 48.7 Å². The second-order valence-electron chi connectivity index (χ2n) is 11.5. The normalized spacial score (nSPS) is 17.8. The Morgan fingerprint density at radius 3 is 2.41 bits per heavy atom. The number of likely N-dealkylation sites (N-methyl/N-ethyl adjacent to an activating group) is 1. The molecule has 44 heavy (non-hydrogen) atoms. The van der Waals surface area contributed by atoms with E-state index in [4.69, 9.17) is 4.42 Å². The molecule has 2 aliphatic rings. The summed E-state index contributed by atoms with van der Waals surface area (Å²) in [5, 5.41) is 11.5. The number of hydrogen-bond acceptors (Lipinski definition) is 8. The van der Waals surface area contributed by atoms with Crippen molar-refractivity contribution in [2.75, 3.05) is 38.1 Å². The molecule has 1 aliphatic heterocycles. The SMILES string of the molecule is CN1CCN(S(=O)(=O)c2ccc(N(C(=O)Cn3nnc4ccccc43)[C@@H](C(=O)NC3CCCCC3)c3ccco3)cc2)CC1. The number of furan rings is 1. The number of benzene rings is 2. The van der Waals surface area contributed by atoms with Gasteiger partial charge in [-0.1, -0.05) is 36.6 Å². The average molecular weight is 620 g/mol. The van der Waals surface area contributed by atoms with Crippen molar-refractivity contribution < 1.29 is 22.4 Å². The Hall–Kier alpha value is -4.07. The Kier molecular flexibility index (Phi) is 8.78. The molecule has 232 valence electrons. The summed E-state index contributed by atoms with van der Waals surface area (Å²) in [5.41, 5.74) is 1.68. The molecule has 1 N–H and O–H groups in total. The minimum Gasteiger partial charge on any atom is -0.467 e. The van der Waals surface area contributed by atoms with Crippen molar-refractivity contribution in [3.05, 3.63) is 72.7 Å². The third-order valence-electron chi connectivity index (χ3n) is 8.46. The first kappa shape index (κ1) is 30.0. The molecule has 2 aromatic carbocycles. The van der Waals surface area contributed by atoms with E-state index in [0.717, 1.165) is 32.1 Å². The van der Waals surface area contributed by atoms with Crippen molar-refractivity contribution in [1.82, 2.24) is 29.5 Å². The van der Waals surface area contributed by atoms with Gasteiger partial charge in [-0.25, -0.2) is 13.1 Å². The molecule has 0 bridgehead atoms. The molecule has 0 spiro atoms. The van der Waals surface area contributed by atoms with Gasteiger partial charge in [-0.15, -0.1) is 5.10 Å². The van der Waals surface area contributed by atoms with Gasteiger partial charge in [0.05, 0.1) is 16.7 Å². The van der Waals surface area contributed by atoms with Crippen LogP contribution in [0.1, 0.15) is 43.9 Å². The van der Waals surface area contributed by atoms with Crippen LogP contribution in [0.5, 0.6) is 0 Å². The topological polar surface area (TPSA) is 134 Å². The van der Waals surface area contributed by atoms with Crippen LogP contribution in [0.15, 0.2) is 76.2 Å². The lowest BCUT2D eigenvalue weighted by Gasteiger charge is -2.33. The van der Waals surface area contributed by atoms with E-state index < -0.39 is 22.0 Å². The lowest BCUT2D eigenvalue weighted by molar-refractivity contribution is -0.128. The molecule has 0 radical (unpaired) electrons. The number of rotatable bonds is 9. The van der Waals surface area contributed by atoms with Crippen molar-refractivity contribution in [1.29, 1.82) is 0 Å². The Bertz CT molecular complexity index is 1690. The van der Waals surface area contributed by atoms with Crippen LogP contribution in [0.25, 0.3) is 11.0 Å². The summed E-state index contributed by atoms with van der Waals surface area (Å²) >= 11 is 0. The predicted octanol–water partition coefficient (Wildman–Crippen LogP) is 3.18. The molecule has 13 heteroatoms. The van der Waals surface area contributed by atoms with Crippen LogP contribution in [-0.2, 0) is 26.2 Å². The van der Waals surface area contributed by atoms with Crippen molar-refractivity contribution in [3.63, 3.8) is 0 Å². The summed E-state index contributed by atoms with van der Waals surface area (Å²) in [6.45, 7) is 1.91. The molecule has 1 atom stereocenters. The highest BCUT2D eigenvalue weighted by Gasteiger charge is 2.37. The summed E-state index contributed by atoms with van der Waals surface area (Å²) in [6.07, 6.45) is 6.40. The number of amides is 2. The van der Waals surface area contributed by atoms with Crippen LogP contribution < -0.4 is 10.2 Å². The fourth-order valence-corrected chi connectivity index (χ4v) is 7.40. The van der Waals surface area contributed by atoms with E-state index >= 15 is 0 Å². The van der Waals surface area contributed by atoms with Gasteiger partial charge in [0.1, 0.15) is 17.8 Å². The fourth-order valence-electron chi connectivity index (χ4n) is 5.98. The smallest absolute Gasteiger partial charge is 0.251 e. The van der Waals surface area contributed by atoms with Crippen molar-refractivity contribution in [2.24, 2.45) is 0 Å². The lowest BCUT2D eigenvalue weighted by atomic mass is 9.95. The summed E-state index contributed by atoms with van der Waals surface area (Å²) in [4.78, 5) is 31.8. The Morgan fingerprint density at radius 1 is 0.977 bits per heavy atom. The zero-order chi connectivity index (χ0) is 30.7. The highest BCUT2D eigenvalue weighted by Crippen LogP contribution is 2.31. The number of hydrogen-bond donors (Lipinski definition) is 1. The van der Waals surface area contributed by atoms with Gasteiger partial charge in [0.15, 0.2) is 6.04 Å². The largest absolute Gasteiger partial charge is 0.467 e. The van der Waals surface area contributed by atoms with E-state index in [-0.39, 0.29) is 23.4 Å². The first-order valence-corrected chi connectivity index (χ1v) is 16.5. The molecule has 6 rings (SSSR count). The zero-order valence-electron chi connectivity index (χ0n) is 24.7. The zero-order valence-corrected chi connectivity index (χ0v) is 25.5. The maximum Gasteiger partial charge on any atom is 0.251 e. The third-order valence-corrected chi connectivity index (χ3v) is 10.4. The fraction of sp³-hybridized carbons (Fsp3) is 0.419. The van der Waals surface area contributed by atoms with Gasteiger partial charge >= 0.3 is 0 Å². The Morgan fingerprint density at radius 2 is 1.70 bits per heavy atom. The number of carbonyl (C=O) groups excluding carboxylic acids is 2. The average Bonchev–Trinajstić information content (AvgIpc) is 3.71. The summed E-state index contributed by atoms with van der Waals surface area (Å²) in [7, 11) is -1.76. The molecular formula is C31H37N7O5S. The Labute approximate surface area is 256 Å². The number of anilines is 1. The van der Waals surface area contributed by atoms with Crippen LogP contribution in [0.4, 0.5) is 5.69 Å². The summed E-state index contributed by atoms with van der Waals surface area (Å²) < 4.78 is 35.6. The molecule has 12 nitrogen and oxygen atoms in total. The van der Waals surface area contributed by atoms with Crippen molar-refractivity contribution >= 4 is 38.6 Å². The Balaban J connectivity index is 1.36. The molecular weight excluding hydrogens is 582 g/mol.